The molecule has 0 saturated carbocycles. The van der Waals surface area contributed by atoms with E-state index in [2.05, 4.69) is 19.8 Å². The van der Waals surface area contributed by atoms with Gasteiger partial charge in [-0.25, -0.2) is 22.2 Å². The smallest absolute Gasteiger partial charge is 0.274 e. The number of anilines is 1. The van der Waals surface area contributed by atoms with Crippen molar-refractivity contribution in [3.8, 4) is 22.6 Å². The van der Waals surface area contributed by atoms with Crippen molar-refractivity contribution in [2.45, 2.75) is 11.4 Å². The Bertz CT molecular complexity index is 1950. The third kappa shape index (κ3) is 5.54. The second-order valence-electron chi connectivity index (χ2n) is 10.2. The molecule has 5 aromatic rings. The molecule has 2 aromatic carbocycles. The molecule has 9 nitrogen and oxygen atoms in total. The summed E-state index contributed by atoms with van der Waals surface area (Å²) in [5.41, 5.74) is 1.79. The molecule has 0 bridgehead atoms. The van der Waals surface area contributed by atoms with Crippen molar-refractivity contribution in [3.05, 3.63) is 87.9 Å². The fourth-order valence-electron chi connectivity index (χ4n) is 5.12. The summed E-state index contributed by atoms with van der Waals surface area (Å²) in [6.45, 7) is 3.88. The third-order valence-corrected chi connectivity index (χ3v) is 9.20. The van der Waals surface area contributed by atoms with Crippen LogP contribution in [0.3, 0.4) is 0 Å². The number of hydrogen-bond donors (Lipinski definition) is 1. The van der Waals surface area contributed by atoms with E-state index in [1.165, 1.54) is 22.8 Å². The van der Waals surface area contributed by atoms with Gasteiger partial charge in [0.05, 0.1) is 4.90 Å². The molecule has 1 saturated heterocycles. The van der Waals surface area contributed by atoms with Crippen LogP contribution in [0, 0.1) is 11.6 Å². The maximum atomic E-state index is 14.5. The number of rotatable bonds is 7. The number of fused-ring (bicyclic) bond motifs is 1. The van der Waals surface area contributed by atoms with Gasteiger partial charge in [-0.1, -0.05) is 0 Å². The largest absolute Gasteiger partial charge is 0.454 e. The van der Waals surface area contributed by atoms with Crippen LogP contribution in [0.1, 0.15) is 5.69 Å². The number of ether oxygens (including phenoxy) is 1. The van der Waals surface area contributed by atoms with Gasteiger partial charge in [0.2, 0.25) is 0 Å². The van der Waals surface area contributed by atoms with Crippen molar-refractivity contribution in [1.82, 2.24) is 19.4 Å². The number of nitrogens with one attached hydrogen (secondary N) is 1. The first-order chi connectivity index (χ1) is 20.1. The van der Waals surface area contributed by atoms with E-state index in [1.807, 2.05) is 11.4 Å². The molecule has 218 valence electrons. The lowest BCUT2D eigenvalue weighted by Crippen LogP contribution is -2.46. The number of H-pyrrole nitrogens is 1. The van der Waals surface area contributed by atoms with E-state index in [-0.39, 0.29) is 22.0 Å². The van der Waals surface area contributed by atoms with E-state index in [4.69, 9.17) is 4.74 Å². The molecule has 1 N–H and O–H groups in total. The molecule has 0 radical (unpaired) electrons. The van der Waals surface area contributed by atoms with E-state index >= 15 is 0 Å². The quantitative estimate of drug-likeness (QED) is 0.283. The molecule has 1 aliphatic heterocycles. The van der Waals surface area contributed by atoms with Gasteiger partial charge in [-0.2, -0.15) is 0 Å². The van der Waals surface area contributed by atoms with Gasteiger partial charge in [-0.3, -0.25) is 9.69 Å². The maximum Gasteiger partial charge on any atom is 0.274 e. The lowest BCUT2D eigenvalue weighted by Gasteiger charge is -2.34. The average Bonchev–Trinajstić information content (AvgIpc) is 3.63. The summed E-state index contributed by atoms with van der Waals surface area (Å²) in [6, 6.07) is 9.06. The van der Waals surface area contributed by atoms with Crippen molar-refractivity contribution in [2.24, 2.45) is 7.05 Å². The van der Waals surface area contributed by atoms with Crippen molar-refractivity contribution in [1.29, 1.82) is 0 Å². The molecule has 0 amide bonds. The van der Waals surface area contributed by atoms with Crippen molar-refractivity contribution in [3.63, 3.8) is 0 Å². The van der Waals surface area contributed by atoms with E-state index in [1.54, 1.807) is 30.8 Å². The first-order valence-corrected chi connectivity index (χ1v) is 15.9. The zero-order valence-electron chi connectivity index (χ0n) is 22.8. The Labute approximate surface area is 244 Å². The zero-order valence-corrected chi connectivity index (χ0v) is 24.4. The van der Waals surface area contributed by atoms with Crippen molar-refractivity contribution in [2.75, 3.05) is 37.3 Å². The molecule has 3 aromatic heterocycles. The highest BCUT2D eigenvalue weighted by Gasteiger charge is 2.22. The van der Waals surface area contributed by atoms with Gasteiger partial charge in [0.1, 0.15) is 17.1 Å². The number of benzene rings is 2. The molecule has 0 atom stereocenters. The van der Waals surface area contributed by atoms with E-state index in [9.17, 15) is 22.0 Å². The molecule has 1 aliphatic rings. The number of halogens is 2. The second-order valence-corrected chi connectivity index (χ2v) is 13.1. The minimum atomic E-state index is -3.61. The van der Waals surface area contributed by atoms with Crippen molar-refractivity contribution < 1.29 is 21.9 Å². The predicted molar refractivity (Wildman–Crippen MR) is 158 cm³/mol. The molecule has 0 spiro atoms. The topological polar surface area (TPSA) is 101 Å². The maximum absolute atomic E-state index is 14.5. The van der Waals surface area contributed by atoms with Crippen molar-refractivity contribution >= 4 is 37.2 Å². The number of nitrogens with zero attached hydrogens (tertiary/aromatic N) is 4. The van der Waals surface area contributed by atoms with Gasteiger partial charge < -0.3 is 19.2 Å². The number of sulfone groups is 1. The van der Waals surface area contributed by atoms with Crippen LogP contribution in [-0.2, 0) is 23.4 Å². The Balaban J connectivity index is 1.39. The van der Waals surface area contributed by atoms with E-state index in [0.717, 1.165) is 55.4 Å². The number of thiazole rings is 1. The SMILES string of the molecule is Cn1cc(-c2cc(S(C)(=O)=O)ccc2Oc2ccc(F)cc2F)c2cc(CN3CCN(c4nccs4)CC3)[nH]c2c1=O. The Kier molecular flexibility index (Phi) is 7.33. The summed E-state index contributed by atoms with van der Waals surface area (Å²) in [5, 5.41) is 3.54. The number of aryl methyl sites for hydroxylation is 1. The number of aromatic nitrogens is 3. The molecule has 0 unspecified atom stereocenters. The first-order valence-electron chi connectivity index (χ1n) is 13.1. The fraction of sp³-hybridized carbons (Fsp3) is 0.241. The summed E-state index contributed by atoms with van der Waals surface area (Å²) < 4.78 is 60.2. The third-order valence-electron chi connectivity index (χ3n) is 7.26. The molecule has 42 heavy (non-hydrogen) atoms. The molecular weight excluding hydrogens is 584 g/mol. The Morgan fingerprint density at radius 3 is 2.48 bits per heavy atom. The molecule has 1 fully saturated rings. The first kappa shape index (κ1) is 28.1. The molecule has 0 aliphatic carbocycles. The van der Waals surface area contributed by atoms with E-state index < -0.39 is 21.5 Å². The summed E-state index contributed by atoms with van der Waals surface area (Å²) in [4.78, 5) is 25.4. The number of hydrogen-bond acceptors (Lipinski definition) is 8. The van der Waals surface area contributed by atoms with Crippen LogP contribution in [0.4, 0.5) is 13.9 Å². The van der Waals surface area contributed by atoms with E-state index in [0.29, 0.717) is 34.6 Å². The van der Waals surface area contributed by atoms with Crippen LogP contribution in [0.2, 0.25) is 0 Å². The molecule has 6 rings (SSSR count). The normalized spacial score (nSPS) is 14.5. The van der Waals surface area contributed by atoms with Gasteiger partial charge >= 0.3 is 0 Å². The lowest BCUT2D eigenvalue weighted by atomic mass is 10.0. The lowest BCUT2D eigenvalue weighted by molar-refractivity contribution is 0.247. The second kappa shape index (κ2) is 11.0. The van der Waals surface area contributed by atoms with Gasteiger partial charge in [0.25, 0.3) is 5.56 Å². The summed E-state index contributed by atoms with van der Waals surface area (Å²) in [5.74, 6) is -1.74. The number of piperazine rings is 1. The Morgan fingerprint density at radius 1 is 1.02 bits per heavy atom. The molecule has 13 heteroatoms. The minimum absolute atomic E-state index is 0.0280. The van der Waals surface area contributed by atoms with Crippen LogP contribution in [0.15, 0.2) is 69.9 Å². The summed E-state index contributed by atoms with van der Waals surface area (Å²) in [7, 11) is -2.01. The molecular formula is C29H27F2N5O4S2. The minimum Gasteiger partial charge on any atom is -0.454 e. The number of aromatic amines is 1. The van der Waals surface area contributed by atoms with Gasteiger partial charge in [0.15, 0.2) is 26.5 Å². The van der Waals surface area contributed by atoms with Crippen LogP contribution in [0.5, 0.6) is 11.5 Å². The van der Waals surface area contributed by atoms with Crippen LogP contribution in [0.25, 0.3) is 22.0 Å². The van der Waals surface area contributed by atoms with Crippen LogP contribution in [-0.4, -0.2) is 60.3 Å². The van der Waals surface area contributed by atoms with Crippen LogP contribution < -0.4 is 15.2 Å². The highest BCUT2D eigenvalue weighted by molar-refractivity contribution is 7.90. The zero-order chi connectivity index (χ0) is 29.6. The number of pyridine rings is 1. The summed E-state index contributed by atoms with van der Waals surface area (Å²) >= 11 is 1.61. The van der Waals surface area contributed by atoms with Gasteiger partial charge in [0, 0.05) is 92.1 Å². The monoisotopic (exact) mass is 611 g/mol. The highest BCUT2D eigenvalue weighted by atomic mass is 32.2. The fourth-order valence-corrected chi connectivity index (χ4v) is 6.46. The summed E-state index contributed by atoms with van der Waals surface area (Å²) in [6.07, 6.45) is 4.49. The average molecular weight is 612 g/mol. The van der Waals surface area contributed by atoms with Gasteiger partial charge in [-0.05, 0) is 36.4 Å². The highest BCUT2D eigenvalue weighted by Crippen LogP contribution is 2.39. The van der Waals surface area contributed by atoms with Gasteiger partial charge in [-0.15, -0.1) is 11.3 Å². The van der Waals surface area contributed by atoms with Crippen LogP contribution >= 0.6 is 11.3 Å². The molecule has 4 heterocycles. The standard InChI is InChI=1S/C29H27F2N5O4S2/c1-34-17-23(21-15-20(42(2,38)39)4-6-25(21)40-26-5-3-18(30)13-24(26)31)22-14-19(33-27(22)28(34)37)16-35-8-10-36(11-9-35)29-32-7-12-41-29/h3-7,12-15,17,33H,8-11,16H2,1-2H3. The predicted octanol–water partition coefficient (Wildman–Crippen LogP) is 4.79. The Hall–Kier alpha value is -4.07. The Morgan fingerprint density at radius 2 is 1.79 bits per heavy atom.